The maximum atomic E-state index is 6.38. The van der Waals surface area contributed by atoms with E-state index in [-0.39, 0.29) is 0 Å². The third-order valence-corrected chi connectivity index (χ3v) is 5.25. The number of hydrogen-bond donors (Lipinski definition) is 1. The van der Waals surface area contributed by atoms with Gasteiger partial charge in [-0.25, -0.2) is 0 Å². The second kappa shape index (κ2) is 7.05. The quantitative estimate of drug-likeness (QED) is 0.852. The number of ether oxygens (including phenoxy) is 1. The fourth-order valence-corrected chi connectivity index (χ4v) is 3.78. The lowest BCUT2D eigenvalue weighted by molar-refractivity contribution is -0.0640. The van der Waals surface area contributed by atoms with Crippen molar-refractivity contribution in [2.75, 3.05) is 19.7 Å². The molecule has 1 aliphatic heterocycles. The van der Waals surface area contributed by atoms with Gasteiger partial charge in [0.15, 0.2) is 0 Å². The van der Waals surface area contributed by atoms with Gasteiger partial charge >= 0.3 is 0 Å². The Morgan fingerprint density at radius 1 is 1.21 bits per heavy atom. The molecule has 0 radical (unpaired) electrons. The van der Waals surface area contributed by atoms with Crippen LogP contribution in [0.5, 0.6) is 0 Å². The van der Waals surface area contributed by atoms with Gasteiger partial charge in [0.05, 0.1) is 12.7 Å². The zero-order valence-electron chi connectivity index (χ0n) is 13.0. The summed E-state index contributed by atoms with van der Waals surface area (Å²) < 4.78 is 5.80. The Morgan fingerprint density at radius 3 is 2.68 bits per heavy atom. The first-order chi connectivity index (χ1) is 9.13. The molecule has 1 heterocycles. The van der Waals surface area contributed by atoms with E-state index in [1.54, 1.807) is 0 Å². The van der Waals surface area contributed by atoms with E-state index in [4.69, 9.17) is 10.5 Å². The summed E-state index contributed by atoms with van der Waals surface area (Å²) in [5, 5.41) is 0. The lowest BCUT2D eigenvalue weighted by Gasteiger charge is -2.43. The minimum atomic E-state index is 0.379. The smallest absolute Gasteiger partial charge is 0.0674 e. The molecule has 0 spiro atoms. The molecule has 0 aromatic heterocycles. The Bertz CT molecular complexity index is 271. The van der Waals surface area contributed by atoms with Crippen molar-refractivity contribution in [2.45, 2.75) is 71.1 Å². The predicted octanol–water partition coefficient (Wildman–Crippen LogP) is 2.64. The molecule has 2 fully saturated rings. The molecule has 112 valence electrons. The van der Waals surface area contributed by atoms with Crippen molar-refractivity contribution in [3.8, 4) is 0 Å². The van der Waals surface area contributed by atoms with Crippen LogP contribution in [0.25, 0.3) is 0 Å². The average Bonchev–Trinajstić information content (AvgIpc) is 2.41. The highest BCUT2D eigenvalue weighted by atomic mass is 16.5. The van der Waals surface area contributed by atoms with Crippen LogP contribution in [-0.4, -0.2) is 42.8 Å². The third-order valence-electron chi connectivity index (χ3n) is 5.25. The highest BCUT2D eigenvalue weighted by Gasteiger charge is 2.32. The summed E-state index contributed by atoms with van der Waals surface area (Å²) in [6, 6.07) is 1.02. The molecular weight excluding hydrogens is 236 g/mol. The number of morpholine rings is 1. The molecule has 1 saturated heterocycles. The lowest BCUT2D eigenvalue weighted by atomic mass is 9.77. The first-order valence-corrected chi connectivity index (χ1v) is 8.25. The van der Waals surface area contributed by atoms with Gasteiger partial charge in [0.25, 0.3) is 0 Å². The highest BCUT2D eigenvalue weighted by molar-refractivity contribution is 4.87. The van der Waals surface area contributed by atoms with Gasteiger partial charge in [0.2, 0.25) is 0 Å². The number of hydrogen-bond acceptors (Lipinski definition) is 3. The van der Waals surface area contributed by atoms with Crippen LogP contribution in [0, 0.1) is 11.8 Å². The summed E-state index contributed by atoms with van der Waals surface area (Å²) in [6.07, 6.45) is 6.78. The Kier molecular flexibility index (Phi) is 5.67. The summed E-state index contributed by atoms with van der Waals surface area (Å²) >= 11 is 0. The fourth-order valence-electron chi connectivity index (χ4n) is 3.78. The first-order valence-electron chi connectivity index (χ1n) is 8.25. The van der Waals surface area contributed by atoms with E-state index in [0.29, 0.717) is 24.1 Å². The van der Waals surface area contributed by atoms with Crippen molar-refractivity contribution in [3.05, 3.63) is 0 Å². The van der Waals surface area contributed by atoms with Crippen LogP contribution in [0.15, 0.2) is 0 Å². The maximum Gasteiger partial charge on any atom is 0.0674 e. The zero-order valence-corrected chi connectivity index (χ0v) is 13.0. The molecule has 2 N–H and O–H groups in total. The fraction of sp³-hybridized carbons (Fsp3) is 1.00. The molecule has 1 saturated carbocycles. The standard InChI is InChI=1S/C16H32N2O/c1-4-13-6-7-16(17)14(8-13)10-18-9-12(3)19-11-15(18)5-2/h12-16H,4-11,17H2,1-3H3. The van der Waals surface area contributed by atoms with Gasteiger partial charge in [-0.3, -0.25) is 4.90 Å². The number of rotatable bonds is 4. The normalized spacial score (nSPS) is 41.4. The van der Waals surface area contributed by atoms with E-state index in [1.807, 2.05) is 0 Å². The maximum absolute atomic E-state index is 6.38. The molecule has 0 aromatic carbocycles. The summed E-state index contributed by atoms with van der Waals surface area (Å²) in [7, 11) is 0. The van der Waals surface area contributed by atoms with Crippen LogP contribution < -0.4 is 5.73 Å². The minimum Gasteiger partial charge on any atom is -0.376 e. The lowest BCUT2D eigenvalue weighted by Crippen LogP contribution is -2.52. The van der Waals surface area contributed by atoms with Gasteiger partial charge < -0.3 is 10.5 Å². The van der Waals surface area contributed by atoms with Crippen molar-refractivity contribution in [1.29, 1.82) is 0 Å². The van der Waals surface area contributed by atoms with Crippen LogP contribution in [0.3, 0.4) is 0 Å². The Morgan fingerprint density at radius 2 is 2.00 bits per heavy atom. The summed E-state index contributed by atoms with van der Waals surface area (Å²) in [6.45, 7) is 9.95. The van der Waals surface area contributed by atoms with Crippen LogP contribution in [0.2, 0.25) is 0 Å². The topological polar surface area (TPSA) is 38.5 Å². The molecule has 1 aliphatic carbocycles. The Hall–Kier alpha value is -0.120. The SMILES string of the molecule is CCC1CCC(N)C(CN2CC(C)OCC2CC)C1. The van der Waals surface area contributed by atoms with Gasteiger partial charge in [-0.15, -0.1) is 0 Å². The van der Waals surface area contributed by atoms with E-state index < -0.39 is 0 Å². The van der Waals surface area contributed by atoms with Crippen molar-refractivity contribution >= 4 is 0 Å². The average molecular weight is 268 g/mol. The molecule has 19 heavy (non-hydrogen) atoms. The molecule has 2 rings (SSSR count). The first kappa shape index (κ1) is 15.3. The molecule has 3 nitrogen and oxygen atoms in total. The van der Waals surface area contributed by atoms with E-state index in [0.717, 1.165) is 19.1 Å². The van der Waals surface area contributed by atoms with Crippen LogP contribution in [-0.2, 0) is 4.74 Å². The molecule has 0 bridgehead atoms. The molecule has 2 aliphatic rings. The Labute approximate surface area is 118 Å². The van der Waals surface area contributed by atoms with Crippen LogP contribution >= 0.6 is 0 Å². The monoisotopic (exact) mass is 268 g/mol. The van der Waals surface area contributed by atoms with Crippen molar-refractivity contribution in [2.24, 2.45) is 17.6 Å². The number of nitrogens with two attached hydrogens (primary N) is 1. The molecule has 5 unspecified atom stereocenters. The van der Waals surface area contributed by atoms with Crippen LogP contribution in [0.1, 0.15) is 52.9 Å². The van der Waals surface area contributed by atoms with E-state index in [1.165, 1.54) is 38.6 Å². The third kappa shape index (κ3) is 3.93. The van der Waals surface area contributed by atoms with Gasteiger partial charge in [-0.2, -0.15) is 0 Å². The van der Waals surface area contributed by atoms with Crippen molar-refractivity contribution in [3.63, 3.8) is 0 Å². The van der Waals surface area contributed by atoms with Crippen LogP contribution in [0.4, 0.5) is 0 Å². The van der Waals surface area contributed by atoms with E-state index >= 15 is 0 Å². The van der Waals surface area contributed by atoms with Crippen molar-refractivity contribution in [1.82, 2.24) is 4.90 Å². The molecule has 0 aromatic rings. The Balaban J connectivity index is 1.93. The zero-order chi connectivity index (χ0) is 13.8. The second-order valence-electron chi connectivity index (χ2n) is 6.67. The minimum absolute atomic E-state index is 0.379. The van der Waals surface area contributed by atoms with Crippen molar-refractivity contribution < 1.29 is 4.74 Å². The van der Waals surface area contributed by atoms with E-state index in [2.05, 4.69) is 25.7 Å². The molecule has 3 heteroatoms. The highest BCUT2D eigenvalue weighted by Crippen LogP contribution is 2.32. The number of nitrogens with zero attached hydrogens (tertiary/aromatic N) is 1. The second-order valence-corrected chi connectivity index (χ2v) is 6.67. The summed E-state index contributed by atoms with van der Waals surface area (Å²) in [4.78, 5) is 2.65. The summed E-state index contributed by atoms with van der Waals surface area (Å²) in [5.74, 6) is 1.60. The van der Waals surface area contributed by atoms with Gasteiger partial charge in [-0.05, 0) is 44.4 Å². The van der Waals surface area contributed by atoms with E-state index in [9.17, 15) is 0 Å². The molecular formula is C16H32N2O. The van der Waals surface area contributed by atoms with Gasteiger partial charge in [0.1, 0.15) is 0 Å². The van der Waals surface area contributed by atoms with Gasteiger partial charge in [-0.1, -0.05) is 20.3 Å². The molecule has 0 amide bonds. The largest absolute Gasteiger partial charge is 0.376 e. The summed E-state index contributed by atoms with van der Waals surface area (Å²) in [5.41, 5.74) is 6.38. The predicted molar refractivity (Wildman–Crippen MR) is 80.2 cm³/mol. The van der Waals surface area contributed by atoms with Gasteiger partial charge in [0, 0.05) is 25.2 Å². The molecule has 5 atom stereocenters.